The number of hydrogen-bond acceptors (Lipinski definition) is 3. The van der Waals surface area contributed by atoms with Crippen LogP contribution in [0.25, 0.3) is 0 Å². The first kappa shape index (κ1) is 14.0. The number of aromatic nitrogens is 2. The van der Waals surface area contributed by atoms with Crippen LogP contribution in [0, 0.1) is 12.8 Å². The second-order valence-electron chi connectivity index (χ2n) is 4.76. The van der Waals surface area contributed by atoms with E-state index in [9.17, 15) is 0 Å². The van der Waals surface area contributed by atoms with E-state index in [4.69, 9.17) is 18.0 Å². The molecule has 3 N–H and O–H groups in total. The van der Waals surface area contributed by atoms with E-state index >= 15 is 0 Å². The fourth-order valence-electron chi connectivity index (χ4n) is 1.87. The van der Waals surface area contributed by atoms with Gasteiger partial charge in [-0.1, -0.05) is 26.1 Å². The fraction of sp³-hybridized carbons (Fsp3) is 0.667. The highest BCUT2D eigenvalue weighted by molar-refractivity contribution is 7.80. The normalized spacial score (nSPS) is 10.9. The molecule has 0 bridgehead atoms. The van der Waals surface area contributed by atoms with Gasteiger partial charge in [0, 0.05) is 13.6 Å². The molecule has 17 heavy (non-hydrogen) atoms. The van der Waals surface area contributed by atoms with Crippen molar-refractivity contribution in [2.24, 2.45) is 18.7 Å². The molecule has 0 amide bonds. The fourth-order valence-corrected chi connectivity index (χ4v) is 2.12. The highest BCUT2D eigenvalue weighted by Gasteiger charge is 2.14. The molecule has 1 aromatic rings. The highest BCUT2D eigenvalue weighted by Crippen LogP contribution is 2.18. The zero-order valence-corrected chi connectivity index (χ0v) is 11.9. The summed E-state index contributed by atoms with van der Waals surface area (Å²) in [5.74, 6) is 1.67. The number of nitrogens with zero attached hydrogens (tertiary/aromatic N) is 2. The van der Waals surface area contributed by atoms with Crippen LogP contribution in [0.5, 0.6) is 0 Å². The van der Waals surface area contributed by atoms with E-state index in [0.29, 0.717) is 4.99 Å². The minimum atomic E-state index is 0.405. The molecule has 4 nitrogen and oxygen atoms in total. The first-order valence-electron chi connectivity index (χ1n) is 6.00. The Bertz CT molecular complexity index is 395. The van der Waals surface area contributed by atoms with Gasteiger partial charge in [0.25, 0.3) is 0 Å². The van der Waals surface area contributed by atoms with Crippen molar-refractivity contribution in [3.05, 3.63) is 11.3 Å². The van der Waals surface area contributed by atoms with Gasteiger partial charge < -0.3 is 11.1 Å². The molecular weight excluding hydrogens is 232 g/mol. The molecule has 0 aliphatic carbocycles. The molecular formula is C12H22N4S. The van der Waals surface area contributed by atoms with E-state index in [0.717, 1.165) is 36.0 Å². The Labute approximate surface area is 109 Å². The van der Waals surface area contributed by atoms with Crippen LogP contribution in [0.1, 0.15) is 37.9 Å². The van der Waals surface area contributed by atoms with Crippen molar-refractivity contribution in [2.75, 3.05) is 11.9 Å². The van der Waals surface area contributed by atoms with E-state index in [1.54, 1.807) is 4.68 Å². The molecule has 0 aromatic carbocycles. The molecule has 1 aromatic heterocycles. The third-order valence-electron chi connectivity index (χ3n) is 2.72. The van der Waals surface area contributed by atoms with Gasteiger partial charge in [0.1, 0.15) is 10.8 Å². The van der Waals surface area contributed by atoms with Crippen molar-refractivity contribution < 1.29 is 0 Å². The molecule has 0 saturated heterocycles. The molecule has 1 heterocycles. The van der Waals surface area contributed by atoms with Crippen molar-refractivity contribution in [3.8, 4) is 0 Å². The SMILES string of the molecule is Cc1nn(C)c(NCCCC(C)C)c1C(N)=S. The maximum absolute atomic E-state index is 5.72. The smallest absolute Gasteiger partial charge is 0.134 e. The molecule has 0 aliphatic heterocycles. The van der Waals surface area contributed by atoms with Crippen LogP contribution in [0.2, 0.25) is 0 Å². The number of thiocarbonyl (C=S) groups is 1. The van der Waals surface area contributed by atoms with Gasteiger partial charge >= 0.3 is 0 Å². The van der Waals surface area contributed by atoms with Crippen molar-refractivity contribution in [1.29, 1.82) is 0 Å². The molecule has 0 spiro atoms. The molecule has 1 rings (SSSR count). The number of anilines is 1. The predicted molar refractivity (Wildman–Crippen MR) is 76.4 cm³/mol. The van der Waals surface area contributed by atoms with Crippen LogP contribution in [-0.2, 0) is 7.05 Å². The van der Waals surface area contributed by atoms with Crippen LogP contribution in [0.15, 0.2) is 0 Å². The van der Waals surface area contributed by atoms with Crippen LogP contribution in [-0.4, -0.2) is 21.3 Å². The van der Waals surface area contributed by atoms with E-state index in [2.05, 4.69) is 24.3 Å². The summed E-state index contributed by atoms with van der Waals surface area (Å²) in [5.41, 5.74) is 7.47. The van der Waals surface area contributed by atoms with Crippen LogP contribution >= 0.6 is 12.2 Å². The van der Waals surface area contributed by atoms with Crippen LogP contribution in [0.3, 0.4) is 0 Å². The van der Waals surface area contributed by atoms with E-state index in [1.807, 2.05) is 14.0 Å². The molecule has 0 fully saturated rings. The molecule has 0 aliphatic rings. The Balaban J connectivity index is 2.67. The average Bonchev–Trinajstić information content (AvgIpc) is 2.48. The first-order valence-corrected chi connectivity index (χ1v) is 6.41. The summed E-state index contributed by atoms with van der Waals surface area (Å²) in [6, 6.07) is 0. The van der Waals surface area contributed by atoms with Crippen LogP contribution in [0.4, 0.5) is 5.82 Å². The predicted octanol–water partition coefficient (Wildman–Crippen LogP) is 2.21. The van der Waals surface area contributed by atoms with Crippen molar-refractivity contribution in [2.45, 2.75) is 33.6 Å². The zero-order valence-electron chi connectivity index (χ0n) is 11.1. The lowest BCUT2D eigenvalue weighted by Gasteiger charge is -2.10. The monoisotopic (exact) mass is 254 g/mol. The van der Waals surface area contributed by atoms with Crippen molar-refractivity contribution >= 4 is 23.0 Å². The summed E-state index contributed by atoms with van der Waals surface area (Å²) < 4.78 is 1.80. The van der Waals surface area contributed by atoms with Gasteiger partial charge in [0.15, 0.2) is 0 Å². The van der Waals surface area contributed by atoms with Crippen molar-refractivity contribution in [3.63, 3.8) is 0 Å². The molecule has 0 radical (unpaired) electrons. The molecule has 0 saturated carbocycles. The van der Waals surface area contributed by atoms with Gasteiger partial charge in [-0.25, -0.2) is 0 Å². The topological polar surface area (TPSA) is 55.9 Å². The standard InChI is InChI=1S/C12H22N4S/c1-8(2)6-5-7-14-12-10(11(13)17)9(3)15-16(12)4/h8,14H,5-7H2,1-4H3,(H2,13,17). The lowest BCUT2D eigenvalue weighted by atomic mass is 10.1. The quantitative estimate of drug-likeness (QED) is 0.603. The third-order valence-corrected chi connectivity index (χ3v) is 2.92. The largest absolute Gasteiger partial charge is 0.389 e. The lowest BCUT2D eigenvalue weighted by Crippen LogP contribution is -2.15. The molecule has 0 unspecified atom stereocenters. The van der Waals surface area contributed by atoms with Gasteiger partial charge in [-0.15, -0.1) is 0 Å². The Morgan fingerprint density at radius 1 is 1.53 bits per heavy atom. The zero-order chi connectivity index (χ0) is 13.0. The number of aryl methyl sites for hydroxylation is 2. The number of rotatable bonds is 6. The lowest BCUT2D eigenvalue weighted by molar-refractivity contribution is 0.566. The summed E-state index contributed by atoms with van der Waals surface area (Å²) in [5, 5.41) is 7.70. The Kier molecular flexibility index (Phi) is 4.93. The Morgan fingerprint density at radius 2 is 2.18 bits per heavy atom. The summed E-state index contributed by atoms with van der Waals surface area (Å²) in [6.07, 6.45) is 2.35. The second-order valence-corrected chi connectivity index (χ2v) is 5.20. The number of hydrogen-bond donors (Lipinski definition) is 2. The number of nitrogens with two attached hydrogens (primary N) is 1. The maximum Gasteiger partial charge on any atom is 0.134 e. The second kappa shape index (κ2) is 6.00. The highest BCUT2D eigenvalue weighted by atomic mass is 32.1. The van der Waals surface area contributed by atoms with Gasteiger partial charge in [-0.3, -0.25) is 4.68 Å². The minimum Gasteiger partial charge on any atom is -0.389 e. The van der Waals surface area contributed by atoms with E-state index in [-0.39, 0.29) is 0 Å². The van der Waals surface area contributed by atoms with Crippen LogP contribution < -0.4 is 11.1 Å². The number of nitrogens with one attached hydrogen (secondary N) is 1. The summed E-state index contributed by atoms with van der Waals surface area (Å²) in [4.78, 5) is 0.405. The summed E-state index contributed by atoms with van der Waals surface area (Å²) in [7, 11) is 1.90. The molecule has 96 valence electrons. The summed E-state index contributed by atoms with van der Waals surface area (Å²) >= 11 is 5.06. The van der Waals surface area contributed by atoms with Crippen molar-refractivity contribution in [1.82, 2.24) is 9.78 Å². The molecule has 0 atom stereocenters. The minimum absolute atomic E-state index is 0.405. The van der Waals surface area contributed by atoms with E-state index in [1.165, 1.54) is 6.42 Å². The van der Waals surface area contributed by atoms with Gasteiger partial charge in [0.2, 0.25) is 0 Å². The van der Waals surface area contributed by atoms with Gasteiger partial charge in [-0.2, -0.15) is 5.10 Å². The Morgan fingerprint density at radius 3 is 2.71 bits per heavy atom. The average molecular weight is 254 g/mol. The summed E-state index contributed by atoms with van der Waals surface area (Å²) in [6.45, 7) is 7.31. The maximum atomic E-state index is 5.72. The van der Waals surface area contributed by atoms with Gasteiger partial charge in [-0.05, 0) is 25.7 Å². The third kappa shape index (κ3) is 3.70. The van der Waals surface area contributed by atoms with Gasteiger partial charge in [0.05, 0.1) is 11.3 Å². The Hall–Kier alpha value is -1.10. The van der Waals surface area contributed by atoms with E-state index < -0.39 is 0 Å². The first-order chi connectivity index (χ1) is 7.93. The molecule has 5 heteroatoms.